The van der Waals surface area contributed by atoms with Crippen LogP contribution in [0.2, 0.25) is 0 Å². The summed E-state index contributed by atoms with van der Waals surface area (Å²) in [5.74, 6) is 2.75. The van der Waals surface area contributed by atoms with Gasteiger partial charge in [0.2, 0.25) is 5.91 Å². The lowest BCUT2D eigenvalue weighted by Crippen LogP contribution is -2.20. The van der Waals surface area contributed by atoms with Gasteiger partial charge in [0.25, 0.3) is 0 Å². The monoisotopic (exact) mass is 415 g/mol. The molecule has 2 rings (SSSR count). The third-order valence-electron chi connectivity index (χ3n) is 4.22. The standard InChI is InChI=1S/C23H29NO6/c1-15(2)30-18-9-7-16(11-20(18)27-4)8-10-23(25)24-14-17-12-21(28-5)22(29-6)13-19(17)26-3/h7-13,15H,14H2,1-6H3,(H,24,25)/b10-8+. The van der Waals surface area contributed by atoms with E-state index in [2.05, 4.69) is 5.32 Å². The highest BCUT2D eigenvalue weighted by Gasteiger charge is 2.12. The minimum atomic E-state index is -0.242. The Morgan fingerprint density at radius 2 is 1.47 bits per heavy atom. The highest BCUT2D eigenvalue weighted by Crippen LogP contribution is 2.34. The smallest absolute Gasteiger partial charge is 0.244 e. The molecule has 0 atom stereocenters. The molecule has 7 heteroatoms. The zero-order valence-corrected chi connectivity index (χ0v) is 18.3. The van der Waals surface area contributed by atoms with E-state index in [-0.39, 0.29) is 18.6 Å². The van der Waals surface area contributed by atoms with Crippen LogP contribution < -0.4 is 29.0 Å². The zero-order chi connectivity index (χ0) is 22.1. The van der Waals surface area contributed by atoms with Crippen molar-refractivity contribution in [3.63, 3.8) is 0 Å². The average Bonchev–Trinajstić information content (AvgIpc) is 2.75. The third kappa shape index (κ3) is 6.07. The molecule has 0 aromatic heterocycles. The molecule has 0 saturated carbocycles. The zero-order valence-electron chi connectivity index (χ0n) is 18.3. The van der Waals surface area contributed by atoms with Crippen molar-refractivity contribution in [1.29, 1.82) is 0 Å². The van der Waals surface area contributed by atoms with Crippen LogP contribution in [0.3, 0.4) is 0 Å². The molecular formula is C23H29NO6. The summed E-state index contributed by atoms with van der Waals surface area (Å²) >= 11 is 0. The van der Waals surface area contributed by atoms with E-state index >= 15 is 0 Å². The molecule has 1 N–H and O–H groups in total. The molecule has 2 aromatic carbocycles. The van der Waals surface area contributed by atoms with Crippen molar-refractivity contribution in [2.75, 3.05) is 28.4 Å². The summed E-state index contributed by atoms with van der Waals surface area (Å²) in [7, 11) is 6.26. The maximum absolute atomic E-state index is 12.3. The van der Waals surface area contributed by atoms with Crippen LogP contribution in [0.1, 0.15) is 25.0 Å². The van der Waals surface area contributed by atoms with Crippen molar-refractivity contribution in [3.8, 4) is 28.7 Å². The van der Waals surface area contributed by atoms with Gasteiger partial charge in [-0.25, -0.2) is 0 Å². The summed E-state index contributed by atoms with van der Waals surface area (Å²) in [6, 6.07) is 9.01. The second-order valence-electron chi connectivity index (χ2n) is 6.65. The number of hydrogen-bond donors (Lipinski definition) is 1. The Hall–Kier alpha value is -3.35. The maximum atomic E-state index is 12.3. The molecule has 2 aromatic rings. The Balaban J connectivity index is 2.07. The fraction of sp³-hybridized carbons (Fsp3) is 0.348. The van der Waals surface area contributed by atoms with E-state index < -0.39 is 0 Å². The molecule has 7 nitrogen and oxygen atoms in total. The number of carbonyl (C=O) groups is 1. The van der Waals surface area contributed by atoms with Gasteiger partial charge in [0, 0.05) is 24.3 Å². The Morgan fingerprint density at radius 3 is 2.07 bits per heavy atom. The Labute approximate surface area is 177 Å². The van der Waals surface area contributed by atoms with Crippen molar-refractivity contribution in [1.82, 2.24) is 5.32 Å². The summed E-state index contributed by atoms with van der Waals surface area (Å²) in [5.41, 5.74) is 1.59. The first kappa shape index (κ1) is 22.9. The second kappa shape index (κ2) is 11.0. The third-order valence-corrected chi connectivity index (χ3v) is 4.22. The van der Waals surface area contributed by atoms with E-state index in [4.69, 9.17) is 23.7 Å². The maximum Gasteiger partial charge on any atom is 0.244 e. The summed E-state index contributed by atoms with van der Waals surface area (Å²) in [6.45, 7) is 4.17. The minimum absolute atomic E-state index is 0.0413. The van der Waals surface area contributed by atoms with Crippen LogP contribution in [0.5, 0.6) is 28.7 Å². The van der Waals surface area contributed by atoms with Gasteiger partial charge in [-0.3, -0.25) is 4.79 Å². The lowest BCUT2D eigenvalue weighted by atomic mass is 10.1. The second-order valence-corrected chi connectivity index (χ2v) is 6.65. The lowest BCUT2D eigenvalue weighted by molar-refractivity contribution is -0.116. The lowest BCUT2D eigenvalue weighted by Gasteiger charge is -2.14. The van der Waals surface area contributed by atoms with Gasteiger partial charge in [0.05, 0.1) is 34.5 Å². The average molecular weight is 415 g/mol. The fourth-order valence-electron chi connectivity index (χ4n) is 2.78. The van der Waals surface area contributed by atoms with Gasteiger partial charge in [0.15, 0.2) is 23.0 Å². The van der Waals surface area contributed by atoms with E-state index in [1.165, 1.54) is 6.08 Å². The molecule has 162 valence electrons. The Bertz CT molecular complexity index is 892. The number of hydrogen-bond acceptors (Lipinski definition) is 6. The molecule has 0 saturated heterocycles. The summed E-state index contributed by atoms with van der Waals surface area (Å²) in [5, 5.41) is 2.84. The number of nitrogens with one attached hydrogen (secondary N) is 1. The van der Waals surface area contributed by atoms with Crippen molar-refractivity contribution < 1.29 is 28.5 Å². The van der Waals surface area contributed by atoms with E-state index in [0.717, 1.165) is 11.1 Å². The molecule has 0 spiro atoms. The largest absolute Gasteiger partial charge is 0.496 e. The summed E-state index contributed by atoms with van der Waals surface area (Å²) in [4.78, 5) is 12.3. The van der Waals surface area contributed by atoms with E-state index in [1.807, 2.05) is 32.0 Å². The number of methoxy groups -OCH3 is 4. The van der Waals surface area contributed by atoms with E-state index in [0.29, 0.717) is 28.7 Å². The van der Waals surface area contributed by atoms with Gasteiger partial charge in [-0.15, -0.1) is 0 Å². The molecule has 0 heterocycles. The molecule has 0 aliphatic carbocycles. The first-order chi connectivity index (χ1) is 14.4. The highest BCUT2D eigenvalue weighted by molar-refractivity contribution is 5.91. The van der Waals surface area contributed by atoms with E-state index in [9.17, 15) is 4.79 Å². The molecule has 0 bridgehead atoms. The molecule has 0 aliphatic heterocycles. The number of carbonyl (C=O) groups excluding carboxylic acids is 1. The van der Waals surface area contributed by atoms with Gasteiger partial charge in [-0.05, 0) is 43.7 Å². The predicted octanol–water partition coefficient (Wildman–Crippen LogP) is 3.84. The molecular weight excluding hydrogens is 386 g/mol. The van der Waals surface area contributed by atoms with Crippen LogP contribution in [0.4, 0.5) is 0 Å². The molecule has 30 heavy (non-hydrogen) atoms. The predicted molar refractivity (Wildman–Crippen MR) is 116 cm³/mol. The normalized spacial score (nSPS) is 10.8. The number of benzene rings is 2. The SMILES string of the molecule is COc1cc(OC)c(OC)cc1CNC(=O)/C=C/c1ccc(OC(C)C)c(OC)c1. The fourth-order valence-corrected chi connectivity index (χ4v) is 2.78. The topological polar surface area (TPSA) is 75.2 Å². The van der Waals surface area contributed by atoms with Crippen LogP contribution in [-0.4, -0.2) is 40.5 Å². The summed E-state index contributed by atoms with van der Waals surface area (Å²) in [6.07, 6.45) is 3.22. The van der Waals surface area contributed by atoms with Gasteiger partial charge in [-0.2, -0.15) is 0 Å². The molecule has 0 aliphatic rings. The first-order valence-corrected chi connectivity index (χ1v) is 9.51. The number of ether oxygens (including phenoxy) is 5. The van der Waals surface area contributed by atoms with Crippen LogP contribution in [0.15, 0.2) is 36.4 Å². The minimum Gasteiger partial charge on any atom is -0.496 e. The van der Waals surface area contributed by atoms with Gasteiger partial charge in [0.1, 0.15) is 5.75 Å². The van der Waals surface area contributed by atoms with Crippen LogP contribution in [0, 0.1) is 0 Å². The van der Waals surface area contributed by atoms with Crippen LogP contribution >= 0.6 is 0 Å². The highest BCUT2D eigenvalue weighted by atomic mass is 16.5. The van der Waals surface area contributed by atoms with Gasteiger partial charge >= 0.3 is 0 Å². The van der Waals surface area contributed by atoms with Crippen molar-refractivity contribution in [2.24, 2.45) is 0 Å². The molecule has 0 fully saturated rings. The number of amides is 1. The number of rotatable bonds is 10. The van der Waals surface area contributed by atoms with Crippen molar-refractivity contribution in [3.05, 3.63) is 47.5 Å². The Kier molecular flexibility index (Phi) is 8.41. The van der Waals surface area contributed by atoms with Crippen LogP contribution in [-0.2, 0) is 11.3 Å². The van der Waals surface area contributed by atoms with Crippen molar-refractivity contribution >= 4 is 12.0 Å². The van der Waals surface area contributed by atoms with Crippen molar-refractivity contribution in [2.45, 2.75) is 26.5 Å². The Morgan fingerprint density at radius 1 is 0.867 bits per heavy atom. The van der Waals surface area contributed by atoms with Gasteiger partial charge in [-0.1, -0.05) is 6.07 Å². The first-order valence-electron chi connectivity index (χ1n) is 9.51. The quantitative estimate of drug-likeness (QED) is 0.595. The van der Waals surface area contributed by atoms with Crippen LogP contribution in [0.25, 0.3) is 6.08 Å². The molecule has 0 unspecified atom stereocenters. The molecule has 1 amide bonds. The summed E-state index contributed by atoms with van der Waals surface area (Å²) < 4.78 is 27.0. The molecule has 0 radical (unpaired) electrons. The van der Waals surface area contributed by atoms with Gasteiger partial charge < -0.3 is 29.0 Å². The van der Waals surface area contributed by atoms with E-state index in [1.54, 1.807) is 46.6 Å².